The molecule has 1 aromatic carbocycles. The Bertz CT molecular complexity index is 525. The third-order valence-corrected chi connectivity index (χ3v) is 3.65. The summed E-state index contributed by atoms with van der Waals surface area (Å²) in [4.78, 5) is 3.59. The van der Waals surface area contributed by atoms with Gasteiger partial charge in [0.15, 0.2) is 0 Å². The zero-order valence-corrected chi connectivity index (χ0v) is 9.93. The predicted octanol–water partition coefficient (Wildman–Crippen LogP) is 3.07. The van der Waals surface area contributed by atoms with Crippen molar-refractivity contribution >= 4 is 10.9 Å². The molecular formula is C14H18N2. The lowest BCUT2D eigenvalue weighted by Crippen LogP contribution is -2.18. The highest BCUT2D eigenvalue weighted by Crippen LogP contribution is 2.37. The quantitative estimate of drug-likeness (QED) is 0.790. The van der Waals surface area contributed by atoms with Crippen LogP contribution in [0.5, 0.6) is 0 Å². The maximum absolute atomic E-state index is 3.59. The van der Waals surface area contributed by atoms with Crippen LogP contribution in [0.15, 0.2) is 18.2 Å². The summed E-state index contributed by atoms with van der Waals surface area (Å²) in [7, 11) is 0. The number of hydrogen-bond donors (Lipinski definition) is 2. The summed E-state index contributed by atoms with van der Waals surface area (Å²) in [5, 5.41) is 4.99. The predicted molar refractivity (Wildman–Crippen MR) is 67.8 cm³/mol. The van der Waals surface area contributed by atoms with Crippen LogP contribution in [-0.4, -0.2) is 11.5 Å². The van der Waals surface area contributed by atoms with Gasteiger partial charge in [0.25, 0.3) is 0 Å². The van der Waals surface area contributed by atoms with Gasteiger partial charge >= 0.3 is 0 Å². The number of para-hydroxylation sites is 1. The molecule has 3 rings (SSSR count). The minimum absolute atomic E-state index is 0.551. The van der Waals surface area contributed by atoms with Gasteiger partial charge in [-0.25, -0.2) is 0 Å². The molecule has 2 N–H and O–H groups in total. The fourth-order valence-corrected chi connectivity index (χ4v) is 2.92. The number of aromatic amines is 1. The van der Waals surface area contributed by atoms with E-state index >= 15 is 0 Å². The zero-order chi connectivity index (χ0) is 11.1. The first-order valence-electron chi connectivity index (χ1n) is 6.14. The Morgan fingerprint density at radius 3 is 3.12 bits per heavy atom. The summed E-state index contributed by atoms with van der Waals surface area (Å²) in [6.07, 6.45) is 2.42. The average molecular weight is 214 g/mol. The highest BCUT2D eigenvalue weighted by Gasteiger charge is 2.26. The molecule has 16 heavy (non-hydrogen) atoms. The molecular weight excluding hydrogens is 196 g/mol. The first kappa shape index (κ1) is 9.91. The number of nitrogens with one attached hydrogen (secondary N) is 2. The summed E-state index contributed by atoms with van der Waals surface area (Å²) < 4.78 is 0. The molecule has 0 spiro atoms. The molecule has 0 radical (unpaired) electrons. The molecule has 0 saturated carbocycles. The van der Waals surface area contributed by atoms with E-state index in [0.717, 1.165) is 6.54 Å². The fraction of sp³-hybridized carbons (Fsp3) is 0.429. The van der Waals surface area contributed by atoms with Crippen LogP contribution in [0.1, 0.15) is 36.2 Å². The van der Waals surface area contributed by atoms with Crippen LogP contribution in [-0.2, 0) is 6.42 Å². The van der Waals surface area contributed by atoms with Gasteiger partial charge in [-0.3, -0.25) is 0 Å². The lowest BCUT2D eigenvalue weighted by Gasteiger charge is -2.11. The lowest BCUT2D eigenvalue weighted by molar-refractivity contribution is 0.551. The first-order valence-corrected chi connectivity index (χ1v) is 6.14. The van der Waals surface area contributed by atoms with Crippen molar-refractivity contribution in [2.24, 2.45) is 0 Å². The molecule has 0 saturated heterocycles. The molecule has 1 aliphatic carbocycles. The van der Waals surface area contributed by atoms with Gasteiger partial charge < -0.3 is 10.3 Å². The Morgan fingerprint density at radius 2 is 2.31 bits per heavy atom. The first-order chi connectivity index (χ1) is 7.81. The molecule has 2 heteroatoms. The van der Waals surface area contributed by atoms with E-state index in [1.54, 1.807) is 0 Å². The highest BCUT2D eigenvalue weighted by molar-refractivity contribution is 5.88. The van der Waals surface area contributed by atoms with E-state index in [-0.39, 0.29) is 0 Å². The summed E-state index contributed by atoms with van der Waals surface area (Å²) in [6, 6.07) is 7.13. The van der Waals surface area contributed by atoms with E-state index in [4.69, 9.17) is 0 Å². The minimum atomic E-state index is 0.551. The van der Waals surface area contributed by atoms with E-state index in [2.05, 4.69) is 42.3 Å². The highest BCUT2D eigenvalue weighted by atomic mass is 14.9. The van der Waals surface area contributed by atoms with Gasteiger partial charge in [-0.1, -0.05) is 25.1 Å². The largest absolute Gasteiger partial charge is 0.358 e. The van der Waals surface area contributed by atoms with Gasteiger partial charge in [-0.2, -0.15) is 0 Å². The average Bonchev–Trinajstić information content (AvgIpc) is 2.81. The second-order valence-corrected chi connectivity index (χ2v) is 4.66. The summed E-state index contributed by atoms with van der Waals surface area (Å²) >= 11 is 0. The van der Waals surface area contributed by atoms with Crippen LogP contribution in [0.2, 0.25) is 0 Å². The van der Waals surface area contributed by atoms with Crippen LogP contribution in [0.4, 0.5) is 0 Å². The maximum atomic E-state index is 3.59. The minimum Gasteiger partial charge on any atom is -0.358 e. The number of benzene rings is 1. The number of aromatic nitrogens is 1. The summed E-state index contributed by atoms with van der Waals surface area (Å²) in [5.74, 6) is 0. The Morgan fingerprint density at radius 1 is 1.44 bits per heavy atom. The van der Waals surface area contributed by atoms with Crippen molar-refractivity contribution < 1.29 is 0 Å². The summed E-state index contributed by atoms with van der Waals surface area (Å²) in [5.41, 5.74) is 5.63. The number of hydrogen-bond acceptors (Lipinski definition) is 1. The molecule has 1 unspecified atom stereocenters. The molecule has 0 bridgehead atoms. The van der Waals surface area contributed by atoms with Crippen LogP contribution in [0.25, 0.3) is 10.9 Å². The smallest absolute Gasteiger partial charge is 0.0489 e. The van der Waals surface area contributed by atoms with E-state index in [0.29, 0.717) is 6.04 Å². The van der Waals surface area contributed by atoms with E-state index in [1.807, 2.05) is 0 Å². The Hall–Kier alpha value is -1.28. The molecule has 1 atom stereocenters. The van der Waals surface area contributed by atoms with Crippen molar-refractivity contribution in [2.75, 3.05) is 6.54 Å². The van der Waals surface area contributed by atoms with Crippen molar-refractivity contribution in [3.8, 4) is 0 Å². The molecule has 0 fully saturated rings. The molecule has 84 valence electrons. The van der Waals surface area contributed by atoms with Crippen LogP contribution in [0, 0.1) is 6.92 Å². The number of rotatable bonds is 2. The van der Waals surface area contributed by atoms with Gasteiger partial charge in [0, 0.05) is 22.6 Å². The standard InChI is InChI=1S/C14H18N2/c1-3-15-11-7-8-12-13(11)10-6-4-5-9(2)14(10)16-12/h4-6,11,15-16H,3,7-8H2,1-2H3. The number of H-pyrrole nitrogens is 1. The monoisotopic (exact) mass is 214 g/mol. The molecule has 2 aromatic rings. The molecule has 0 amide bonds. The Balaban J connectivity index is 2.20. The fourth-order valence-electron chi connectivity index (χ4n) is 2.92. The molecule has 1 aromatic heterocycles. The van der Waals surface area contributed by atoms with E-state index in [9.17, 15) is 0 Å². The number of aryl methyl sites for hydroxylation is 2. The second-order valence-electron chi connectivity index (χ2n) is 4.66. The topological polar surface area (TPSA) is 27.8 Å². The second kappa shape index (κ2) is 3.63. The van der Waals surface area contributed by atoms with Gasteiger partial charge in [-0.05, 0) is 37.4 Å². The molecule has 1 aliphatic rings. The normalized spacial score (nSPS) is 19.2. The Kier molecular flexibility index (Phi) is 2.25. The zero-order valence-electron chi connectivity index (χ0n) is 9.93. The third kappa shape index (κ3) is 1.30. The van der Waals surface area contributed by atoms with Crippen molar-refractivity contribution in [1.29, 1.82) is 0 Å². The lowest BCUT2D eigenvalue weighted by atomic mass is 10.1. The molecule has 1 heterocycles. The third-order valence-electron chi connectivity index (χ3n) is 3.65. The van der Waals surface area contributed by atoms with Crippen molar-refractivity contribution in [2.45, 2.75) is 32.7 Å². The van der Waals surface area contributed by atoms with Crippen LogP contribution >= 0.6 is 0 Å². The van der Waals surface area contributed by atoms with E-state index < -0.39 is 0 Å². The molecule has 0 aliphatic heterocycles. The van der Waals surface area contributed by atoms with Crippen LogP contribution < -0.4 is 5.32 Å². The van der Waals surface area contributed by atoms with Gasteiger partial charge in [0.2, 0.25) is 0 Å². The van der Waals surface area contributed by atoms with Gasteiger partial charge in [-0.15, -0.1) is 0 Å². The SMILES string of the molecule is CCNC1CCc2[nH]c3c(C)cccc3c21. The van der Waals surface area contributed by atoms with Crippen molar-refractivity contribution in [3.05, 3.63) is 35.0 Å². The summed E-state index contributed by atoms with van der Waals surface area (Å²) in [6.45, 7) is 5.40. The molecule has 2 nitrogen and oxygen atoms in total. The van der Waals surface area contributed by atoms with Crippen LogP contribution in [0.3, 0.4) is 0 Å². The van der Waals surface area contributed by atoms with E-state index in [1.165, 1.54) is 40.6 Å². The van der Waals surface area contributed by atoms with Gasteiger partial charge in [0.05, 0.1) is 0 Å². The number of fused-ring (bicyclic) bond motifs is 3. The maximum Gasteiger partial charge on any atom is 0.0489 e. The Labute approximate surface area is 96.1 Å². The van der Waals surface area contributed by atoms with Gasteiger partial charge in [0.1, 0.15) is 0 Å². The van der Waals surface area contributed by atoms with Crippen molar-refractivity contribution in [1.82, 2.24) is 10.3 Å². The van der Waals surface area contributed by atoms with Crippen molar-refractivity contribution in [3.63, 3.8) is 0 Å².